The molecule has 0 fully saturated rings. The van der Waals surface area contributed by atoms with E-state index in [1.165, 1.54) is 0 Å². The summed E-state index contributed by atoms with van der Waals surface area (Å²) in [6, 6.07) is 6.18. The summed E-state index contributed by atoms with van der Waals surface area (Å²) in [6.45, 7) is 4.95. The average Bonchev–Trinajstić information content (AvgIpc) is 2.80. The summed E-state index contributed by atoms with van der Waals surface area (Å²) < 4.78 is 1.69. The third kappa shape index (κ3) is 2.64. The lowest BCUT2D eigenvalue weighted by atomic mass is 10.3. The van der Waals surface area contributed by atoms with Crippen LogP contribution in [-0.2, 0) is 6.54 Å². The molecule has 0 radical (unpaired) electrons. The van der Waals surface area contributed by atoms with Crippen molar-refractivity contribution in [3.05, 3.63) is 36.3 Å². The van der Waals surface area contributed by atoms with E-state index in [9.17, 15) is 0 Å². The predicted molar refractivity (Wildman–Crippen MR) is 61.1 cm³/mol. The van der Waals surface area contributed by atoms with Crippen LogP contribution < -0.4 is 5.32 Å². The van der Waals surface area contributed by atoms with Gasteiger partial charge < -0.3 is 5.32 Å². The van der Waals surface area contributed by atoms with Crippen LogP contribution in [0.15, 0.2) is 30.6 Å². The third-order valence-electron chi connectivity index (χ3n) is 2.14. The highest BCUT2D eigenvalue weighted by Gasteiger charge is 2.00. The zero-order valence-electron chi connectivity index (χ0n) is 9.46. The topological polar surface area (TPSA) is 55.6 Å². The van der Waals surface area contributed by atoms with Gasteiger partial charge in [-0.25, -0.2) is 4.68 Å². The highest BCUT2D eigenvalue weighted by molar-refractivity contribution is 5.20. The van der Waals surface area contributed by atoms with Gasteiger partial charge in [-0.1, -0.05) is 13.8 Å². The SMILES string of the molecule is CC(C)NCc1ccc(-n2cccn2)nn1. The second-order valence-electron chi connectivity index (χ2n) is 3.87. The molecule has 0 unspecified atom stereocenters. The van der Waals surface area contributed by atoms with Crippen LogP contribution in [0, 0.1) is 0 Å². The molecule has 1 N–H and O–H groups in total. The minimum Gasteiger partial charge on any atom is -0.309 e. The lowest BCUT2D eigenvalue weighted by Gasteiger charge is -2.07. The smallest absolute Gasteiger partial charge is 0.175 e. The van der Waals surface area contributed by atoms with E-state index in [-0.39, 0.29) is 0 Å². The first-order valence-corrected chi connectivity index (χ1v) is 5.32. The van der Waals surface area contributed by atoms with Crippen molar-refractivity contribution in [2.75, 3.05) is 0 Å². The molecule has 0 atom stereocenters. The molecule has 0 saturated heterocycles. The molecular formula is C11H15N5. The Labute approximate surface area is 94.5 Å². The first-order chi connectivity index (χ1) is 7.75. The standard InChI is InChI=1S/C11H15N5/c1-9(2)12-8-10-4-5-11(15-14-10)16-7-3-6-13-16/h3-7,9,12H,8H2,1-2H3. The third-order valence-corrected chi connectivity index (χ3v) is 2.14. The van der Waals surface area contributed by atoms with E-state index in [1.807, 2.05) is 24.4 Å². The zero-order chi connectivity index (χ0) is 11.4. The maximum atomic E-state index is 4.13. The molecule has 16 heavy (non-hydrogen) atoms. The Morgan fingerprint density at radius 3 is 2.75 bits per heavy atom. The van der Waals surface area contributed by atoms with Crippen LogP contribution in [0.4, 0.5) is 0 Å². The molecule has 0 spiro atoms. The molecule has 84 valence electrons. The van der Waals surface area contributed by atoms with Gasteiger partial charge in [0.15, 0.2) is 5.82 Å². The minimum absolute atomic E-state index is 0.451. The van der Waals surface area contributed by atoms with Gasteiger partial charge in [0, 0.05) is 25.0 Å². The molecule has 0 aliphatic carbocycles. The van der Waals surface area contributed by atoms with E-state index >= 15 is 0 Å². The molecule has 2 rings (SSSR count). The van der Waals surface area contributed by atoms with Gasteiger partial charge in [-0.3, -0.25) is 0 Å². The van der Waals surface area contributed by atoms with Crippen molar-refractivity contribution >= 4 is 0 Å². The van der Waals surface area contributed by atoms with E-state index in [2.05, 4.69) is 34.5 Å². The predicted octanol–water partition coefficient (Wildman–Crippen LogP) is 1.16. The average molecular weight is 217 g/mol. The van der Waals surface area contributed by atoms with E-state index in [0.717, 1.165) is 18.1 Å². The summed E-state index contributed by atoms with van der Waals surface area (Å²) in [5, 5.41) is 15.6. The Hall–Kier alpha value is -1.75. The summed E-state index contributed by atoms with van der Waals surface area (Å²) in [7, 11) is 0. The van der Waals surface area contributed by atoms with Crippen molar-refractivity contribution in [1.82, 2.24) is 25.3 Å². The summed E-state index contributed by atoms with van der Waals surface area (Å²) in [5.41, 5.74) is 0.935. The van der Waals surface area contributed by atoms with Gasteiger partial charge in [0.25, 0.3) is 0 Å². The van der Waals surface area contributed by atoms with Crippen LogP contribution in [-0.4, -0.2) is 26.0 Å². The fourth-order valence-electron chi connectivity index (χ4n) is 1.28. The van der Waals surface area contributed by atoms with Crippen LogP contribution in [0.2, 0.25) is 0 Å². The van der Waals surface area contributed by atoms with Crippen LogP contribution in [0.3, 0.4) is 0 Å². The fraction of sp³-hybridized carbons (Fsp3) is 0.364. The Bertz CT molecular complexity index is 418. The second-order valence-corrected chi connectivity index (χ2v) is 3.87. The summed E-state index contributed by atoms with van der Waals surface area (Å²) in [6.07, 6.45) is 3.56. The second kappa shape index (κ2) is 4.85. The van der Waals surface area contributed by atoms with Gasteiger partial charge in [-0.2, -0.15) is 10.2 Å². The van der Waals surface area contributed by atoms with Crippen molar-refractivity contribution in [1.29, 1.82) is 0 Å². The molecule has 0 saturated carbocycles. The highest BCUT2D eigenvalue weighted by Crippen LogP contribution is 2.01. The number of nitrogens with zero attached hydrogens (tertiary/aromatic N) is 4. The van der Waals surface area contributed by atoms with Crippen LogP contribution in [0.25, 0.3) is 5.82 Å². The van der Waals surface area contributed by atoms with Crippen molar-refractivity contribution in [2.24, 2.45) is 0 Å². The monoisotopic (exact) mass is 217 g/mol. The Balaban J connectivity index is 2.05. The van der Waals surface area contributed by atoms with Crippen LogP contribution >= 0.6 is 0 Å². The van der Waals surface area contributed by atoms with E-state index in [1.54, 1.807) is 10.9 Å². The Kier molecular flexibility index (Phi) is 3.26. The molecule has 2 aromatic rings. The van der Waals surface area contributed by atoms with Gasteiger partial charge in [-0.15, -0.1) is 5.10 Å². The first kappa shape index (κ1) is 10.8. The highest BCUT2D eigenvalue weighted by atomic mass is 15.3. The van der Waals surface area contributed by atoms with Gasteiger partial charge in [0.05, 0.1) is 5.69 Å². The molecule has 2 aromatic heterocycles. The van der Waals surface area contributed by atoms with E-state index in [0.29, 0.717) is 6.04 Å². The quantitative estimate of drug-likeness (QED) is 0.835. The number of nitrogens with one attached hydrogen (secondary N) is 1. The van der Waals surface area contributed by atoms with Crippen LogP contribution in [0.1, 0.15) is 19.5 Å². The lowest BCUT2D eigenvalue weighted by molar-refractivity contribution is 0.576. The summed E-state index contributed by atoms with van der Waals surface area (Å²) in [5.74, 6) is 0.735. The molecule has 0 aliphatic heterocycles. The molecule has 5 nitrogen and oxygen atoms in total. The first-order valence-electron chi connectivity index (χ1n) is 5.32. The zero-order valence-corrected chi connectivity index (χ0v) is 9.46. The summed E-state index contributed by atoms with van der Waals surface area (Å²) >= 11 is 0. The number of rotatable bonds is 4. The van der Waals surface area contributed by atoms with E-state index in [4.69, 9.17) is 0 Å². The molecule has 0 amide bonds. The maximum Gasteiger partial charge on any atom is 0.175 e. The molecule has 0 bridgehead atoms. The molecular weight excluding hydrogens is 202 g/mol. The fourth-order valence-corrected chi connectivity index (χ4v) is 1.28. The molecule has 2 heterocycles. The van der Waals surface area contributed by atoms with Crippen molar-refractivity contribution in [3.8, 4) is 5.82 Å². The van der Waals surface area contributed by atoms with E-state index < -0.39 is 0 Å². The van der Waals surface area contributed by atoms with Crippen LogP contribution in [0.5, 0.6) is 0 Å². The Morgan fingerprint density at radius 1 is 1.31 bits per heavy atom. The van der Waals surface area contributed by atoms with Gasteiger partial charge in [0.1, 0.15) is 0 Å². The number of hydrogen-bond acceptors (Lipinski definition) is 4. The molecule has 0 aliphatic rings. The van der Waals surface area contributed by atoms with Crippen molar-refractivity contribution in [3.63, 3.8) is 0 Å². The molecule has 5 heteroatoms. The van der Waals surface area contributed by atoms with Crippen molar-refractivity contribution in [2.45, 2.75) is 26.4 Å². The van der Waals surface area contributed by atoms with Gasteiger partial charge in [0.2, 0.25) is 0 Å². The maximum absolute atomic E-state index is 4.13. The molecule has 0 aromatic carbocycles. The number of hydrogen-bond donors (Lipinski definition) is 1. The van der Waals surface area contributed by atoms with Gasteiger partial charge >= 0.3 is 0 Å². The van der Waals surface area contributed by atoms with Crippen molar-refractivity contribution < 1.29 is 0 Å². The van der Waals surface area contributed by atoms with Gasteiger partial charge in [-0.05, 0) is 18.2 Å². The largest absolute Gasteiger partial charge is 0.309 e. The Morgan fingerprint density at radius 2 is 2.19 bits per heavy atom. The lowest BCUT2D eigenvalue weighted by Crippen LogP contribution is -2.22. The number of aromatic nitrogens is 4. The summed E-state index contributed by atoms with van der Waals surface area (Å²) in [4.78, 5) is 0. The minimum atomic E-state index is 0.451. The normalized spacial score (nSPS) is 10.9.